The molecule has 0 spiro atoms. The Bertz CT molecular complexity index is 464. The van der Waals surface area contributed by atoms with Crippen molar-refractivity contribution in [3.63, 3.8) is 0 Å². The van der Waals surface area contributed by atoms with Crippen molar-refractivity contribution in [2.24, 2.45) is 5.92 Å². The zero-order chi connectivity index (χ0) is 13.8. The van der Waals surface area contributed by atoms with E-state index < -0.39 is 0 Å². The summed E-state index contributed by atoms with van der Waals surface area (Å²) < 4.78 is 0. The van der Waals surface area contributed by atoms with Gasteiger partial charge in [0.25, 0.3) is 0 Å². The fourth-order valence-corrected chi connectivity index (χ4v) is 2.61. The lowest BCUT2D eigenvalue weighted by molar-refractivity contribution is -0.383. The maximum Gasteiger partial charge on any atom is 0.315 e. The Balaban J connectivity index is 2.35. The molecule has 0 aromatic heterocycles. The number of hydrogen-bond donors (Lipinski definition) is 2. The molecule has 1 aliphatic heterocycles. The largest absolute Gasteiger partial charge is 0.396 e. The maximum atomic E-state index is 11.3. The average molecular weight is 265 g/mol. The molecule has 1 atom stereocenters. The van der Waals surface area contributed by atoms with Crippen LogP contribution in [-0.2, 0) is 0 Å². The molecule has 0 saturated carbocycles. The predicted octanol–water partition coefficient (Wildman–Crippen LogP) is 1.85. The molecule has 1 aromatic carbocycles. The summed E-state index contributed by atoms with van der Waals surface area (Å²) in [7, 11) is 1.68. The highest BCUT2D eigenvalue weighted by Gasteiger charge is 2.27. The number of nitrogens with one attached hydrogen (secondary N) is 1. The second-order valence-electron chi connectivity index (χ2n) is 4.82. The molecule has 0 radical (unpaired) electrons. The van der Waals surface area contributed by atoms with Crippen LogP contribution in [0.15, 0.2) is 18.2 Å². The zero-order valence-corrected chi connectivity index (χ0v) is 11.0. The number of benzene rings is 1. The van der Waals surface area contributed by atoms with E-state index in [-0.39, 0.29) is 23.1 Å². The van der Waals surface area contributed by atoms with Gasteiger partial charge in [-0.25, -0.2) is 0 Å². The molecule has 1 aliphatic rings. The summed E-state index contributed by atoms with van der Waals surface area (Å²) in [4.78, 5) is 12.9. The molecule has 1 saturated heterocycles. The summed E-state index contributed by atoms with van der Waals surface area (Å²) in [6, 6.07) is 5.30. The van der Waals surface area contributed by atoms with Gasteiger partial charge in [0.15, 0.2) is 0 Å². The van der Waals surface area contributed by atoms with Crippen molar-refractivity contribution >= 4 is 17.1 Å². The molecule has 2 N–H and O–H groups in total. The Kier molecular flexibility index (Phi) is 4.21. The molecule has 1 aromatic rings. The van der Waals surface area contributed by atoms with Crippen molar-refractivity contribution in [2.45, 2.75) is 12.8 Å². The highest BCUT2D eigenvalue weighted by atomic mass is 16.6. The van der Waals surface area contributed by atoms with Crippen LogP contribution in [-0.4, -0.2) is 36.8 Å². The number of para-hydroxylation sites is 1. The molecule has 19 heavy (non-hydrogen) atoms. The summed E-state index contributed by atoms with van der Waals surface area (Å²) in [5.74, 6) is 0.201. The van der Waals surface area contributed by atoms with E-state index in [0.717, 1.165) is 19.4 Å². The highest BCUT2D eigenvalue weighted by Crippen LogP contribution is 2.36. The number of aliphatic hydroxyl groups is 1. The van der Waals surface area contributed by atoms with E-state index >= 15 is 0 Å². The first-order chi connectivity index (χ1) is 9.17. The summed E-state index contributed by atoms with van der Waals surface area (Å²) in [6.07, 6.45) is 1.93. The molecule has 1 unspecified atom stereocenters. The lowest BCUT2D eigenvalue weighted by Crippen LogP contribution is -2.37. The van der Waals surface area contributed by atoms with Crippen LogP contribution in [0.25, 0.3) is 0 Å². The Labute approximate surface area is 112 Å². The molecule has 104 valence electrons. The van der Waals surface area contributed by atoms with Crippen LogP contribution in [0.2, 0.25) is 0 Å². The Morgan fingerprint density at radius 2 is 2.37 bits per heavy atom. The zero-order valence-electron chi connectivity index (χ0n) is 11.0. The molecule has 0 amide bonds. The Morgan fingerprint density at radius 3 is 3.00 bits per heavy atom. The summed E-state index contributed by atoms with van der Waals surface area (Å²) >= 11 is 0. The third kappa shape index (κ3) is 2.78. The minimum atomic E-state index is -0.344. The molecular weight excluding hydrogens is 246 g/mol. The molecule has 0 aliphatic carbocycles. The Hall–Kier alpha value is -1.82. The fourth-order valence-electron chi connectivity index (χ4n) is 2.61. The van der Waals surface area contributed by atoms with Crippen molar-refractivity contribution in [1.82, 2.24) is 0 Å². The van der Waals surface area contributed by atoms with Gasteiger partial charge in [0, 0.05) is 26.7 Å². The molecule has 0 bridgehead atoms. The minimum Gasteiger partial charge on any atom is -0.396 e. The fraction of sp³-hybridized carbons (Fsp3) is 0.538. The maximum absolute atomic E-state index is 11.3. The van der Waals surface area contributed by atoms with Crippen LogP contribution in [0.4, 0.5) is 17.1 Å². The van der Waals surface area contributed by atoms with Crippen molar-refractivity contribution in [2.75, 3.05) is 37.0 Å². The molecule has 6 heteroatoms. The van der Waals surface area contributed by atoms with Gasteiger partial charge in [-0.1, -0.05) is 6.07 Å². The van der Waals surface area contributed by atoms with Crippen molar-refractivity contribution in [1.29, 1.82) is 0 Å². The van der Waals surface area contributed by atoms with E-state index in [2.05, 4.69) is 5.32 Å². The van der Waals surface area contributed by atoms with Gasteiger partial charge >= 0.3 is 5.69 Å². The summed E-state index contributed by atoms with van der Waals surface area (Å²) in [5.41, 5.74) is 1.27. The number of aliphatic hydroxyl groups excluding tert-OH is 1. The summed E-state index contributed by atoms with van der Waals surface area (Å²) in [5, 5.41) is 23.4. The van der Waals surface area contributed by atoms with Gasteiger partial charge in [0.05, 0.1) is 4.92 Å². The number of nitro benzene ring substituents is 1. The number of rotatable bonds is 4. The van der Waals surface area contributed by atoms with Crippen LogP contribution in [0.1, 0.15) is 12.8 Å². The first kappa shape index (κ1) is 13.6. The van der Waals surface area contributed by atoms with E-state index in [0.29, 0.717) is 17.9 Å². The lowest BCUT2D eigenvalue weighted by Gasteiger charge is -2.33. The number of hydrogen-bond acceptors (Lipinski definition) is 5. The van der Waals surface area contributed by atoms with E-state index in [1.807, 2.05) is 11.0 Å². The average Bonchev–Trinajstić information content (AvgIpc) is 2.46. The van der Waals surface area contributed by atoms with Gasteiger partial charge in [-0.2, -0.15) is 0 Å². The van der Waals surface area contributed by atoms with Gasteiger partial charge in [-0.05, 0) is 30.9 Å². The third-order valence-corrected chi connectivity index (χ3v) is 3.58. The number of anilines is 2. The van der Waals surface area contributed by atoms with E-state index in [9.17, 15) is 15.2 Å². The SMILES string of the molecule is CNc1cccc(N2CCCC(CO)C2)c1[N+](=O)[O-]. The number of nitro groups is 1. The smallest absolute Gasteiger partial charge is 0.315 e. The number of nitrogens with zero attached hydrogens (tertiary/aromatic N) is 2. The predicted molar refractivity (Wildman–Crippen MR) is 74.7 cm³/mol. The minimum absolute atomic E-state index is 0.114. The first-order valence-corrected chi connectivity index (χ1v) is 6.48. The van der Waals surface area contributed by atoms with E-state index in [4.69, 9.17) is 0 Å². The quantitative estimate of drug-likeness (QED) is 0.641. The van der Waals surface area contributed by atoms with Gasteiger partial charge in [0.1, 0.15) is 11.4 Å². The van der Waals surface area contributed by atoms with Crippen molar-refractivity contribution in [3.05, 3.63) is 28.3 Å². The Morgan fingerprint density at radius 1 is 1.58 bits per heavy atom. The molecule has 6 nitrogen and oxygen atoms in total. The van der Waals surface area contributed by atoms with Gasteiger partial charge in [-0.3, -0.25) is 10.1 Å². The van der Waals surface area contributed by atoms with E-state index in [1.165, 1.54) is 0 Å². The second kappa shape index (κ2) is 5.88. The van der Waals surface area contributed by atoms with Gasteiger partial charge in [-0.15, -0.1) is 0 Å². The second-order valence-corrected chi connectivity index (χ2v) is 4.82. The molecule has 1 heterocycles. The molecule has 2 rings (SSSR count). The normalized spacial score (nSPS) is 19.3. The first-order valence-electron chi connectivity index (χ1n) is 6.48. The molecular formula is C13H19N3O3. The standard InChI is InChI=1S/C13H19N3O3/c1-14-11-5-2-6-12(13(11)16(18)19)15-7-3-4-10(8-15)9-17/h2,5-6,10,14,17H,3-4,7-9H2,1H3. The van der Waals surface area contributed by atoms with Crippen LogP contribution in [0.3, 0.4) is 0 Å². The summed E-state index contributed by atoms with van der Waals surface area (Å²) in [6.45, 7) is 1.60. The highest BCUT2D eigenvalue weighted by molar-refractivity contribution is 5.77. The van der Waals surface area contributed by atoms with Gasteiger partial charge in [0.2, 0.25) is 0 Å². The van der Waals surface area contributed by atoms with Crippen LogP contribution in [0.5, 0.6) is 0 Å². The lowest BCUT2D eigenvalue weighted by atomic mass is 9.98. The monoisotopic (exact) mass is 265 g/mol. The third-order valence-electron chi connectivity index (χ3n) is 3.58. The van der Waals surface area contributed by atoms with Crippen LogP contribution < -0.4 is 10.2 Å². The van der Waals surface area contributed by atoms with Crippen molar-refractivity contribution in [3.8, 4) is 0 Å². The van der Waals surface area contributed by atoms with Crippen molar-refractivity contribution < 1.29 is 10.0 Å². The molecule has 1 fully saturated rings. The number of piperidine rings is 1. The topological polar surface area (TPSA) is 78.6 Å². The van der Waals surface area contributed by atoms with Gasteiger partial charge < -0.3 is 15.3 Å². The van der Waals surface area contributed by atoms with Crippen LogP contribution >= 0.6 is 0 Å². The van der Waals surface area contributed by atoms with E-state index in [1.54, 1.807) is 19.2 Å². The van der Waals surface area contributed by atoms with Crippen LogP contribution in [0, 0.1) is 16.0 Å².